The van der Waals surface area contributed by atoms with Gasteiger partial charge in [0.15, 0.2) is 0 Å². The molecule has 0 aromatic heterocycles. The molecule has 20 heavy (non-hydrogen) atoms. The van der Waals surface area contributed by atoms with Crippen LogP contribution in [-0.2, 0) is 11.2 Å². The van der Waals surface area contributed by atoms with Gasteiger partial charge in [0, 0.05) is 10.0 Å². The van der Waals surface area contributed by atoms with Crippen molar-refractivity contribution in [2.45, 2.75) is 19.4 Å². The van der Waals surface area contributed by atoms with E-state index in [9.17, 15) is 4.79 Å². The van der Waals surface area contributed by atoms with Crippen molar-refractivity contribution in [1.82, 2.24) is 5.32 Å². The molecule has 0 saturated carbocycles. The van der Waals surface area contributed by atoms with Gasteiger partial charge in [-0.2, -0.15) is 0 Å². The first kappa shape index (κ1) is 14.9. The first-order valence-corrected chi connectivity index (χ1v) is 7.10. The van der Waals surface area contributed by atoms with Crippen molar-refractivity contribution >= 4 is 29.1 Å². The summed E-state index contributed by atoms with van der Waals surface area (Å²) >= 11 is 12.0. The van der Waals surface area contributed by atoms with Crippen LogP contribution in [0.2, 0.25) is 10.0 Å². The van der Waals surface area contributed by atoms with Crippen LogP contribution in [0.5, 0.6) is 0 Å². The van der Waals surface area contributed by atoms with Crippen LogP contribution in [0.25, 0.3) is 0 Å². The van der Waals surface area contributed by atoms with Crippen molar-refractivity contribution in [2.75, 3.05) is 0 Å². The fourth-order valence-corrected chi connectivity index (χ4v) is 2.58. The minimum atomic E-state index is -0.157. The number of rotatable bonds is 4. The second-order valence-electron chi connectivity index (χ2n) is 4.62. The largest absolute Gasteiger partial charge is 0.349 e. The van der Waals surface area contributed by atoms with Crippen LogP contribution < -0.4 is 5.32 Å². The zero-order valence-corrected chi connectivity index (χ0v) is 12.6. The second kappa shape index (κ2) is 6.78. The van der Waals surface area contributed by atoms with Gasteiger partial charge in [0.2, 0.25) is 5.91 Å². The summed E-state index contributed by atoms with van der Waals surface area (Å²) in [6.45, 7) is 1.90. The summed E-state index contributed by atoms with van der Waals surface area (Å²) < 4.78 is 0. The van der Waals surface area contributed by atoms with Crippen molar-refractivity contribution in [3.63, 3.8) is 0 Å². The molecule has 1 atom stereocenters. The quantitative estimate of drug-likeness (QED) is 0.890. The number of nitrogens with one attached hydrogen (secondary N) is 1. The fourth-order valence-electron chi connectivity index (χ4n) is 2.00. The summed E-state index contributed by atoms with van der Waals surface area (Å²) in [6.07, 6.45) is 0.358. The Bertz CT molecular complexity index is 599. The zero-order valence-electron chi connectivity index (χ0n) is 11.1. The van der Waals surface area contributed by atoms with Gasteiger partial charge in [-0.3, -0.25) is 4.79 Å². The standard InChI is InChI=1S/C16H15Cl2NO/c1-11(14-8-7-13(17)10-15(14)18)19-16(20)9-12-5-3-2-4-6-12/h2-8,10-11H,9H2,1H3,(H,19,20). The normalized spacial score (nSPS) is 11.9. The molecule has 0 aliphatic rings. The first-order valence-electron chi connectivity index (χ1n) is 6.34. The smallest absolute Gasteiger partial charge is 0.224 e. The van der Waals surface area contributed by atoms with E-state index in [4.69, 9.17) is 23.2 Å². The van der Waals surface area contributed by atoms with E-state index in [1.54, 1.807) is 12.1 Å². The van der Waals surface area contributed by atoms with Crippen molar-refractivity contribution in [2.24, 2.45) is 0 Å². The fraction of sp³-hybridized carbons (Fsp3) is 0.188. The second-order valence-corrected chi connectivity index (χ2v) is 5.46. The van der Waals surface area contributed by atoms with Gasteiger partial charge in [0.05, 0.1) is 12.5 Å². The van der Waals surface area contributed by atoms with E-state index in [0.29, 0.717) is 16.5 Å². The Morgan fingerprint density at radius 2 is 1.85 bits per heavy atom. The zero-order chi connectivity index (χ0) is 14.5. The maximum Gasteiger partial charge on any atom is 0.224 e. The molecule has 2 aromatic rings. The van der Waals surface area contributed by atoms with Gasteiger partial charge in [-0.15, -0.1) is 0 Å². The lowest BCUT2D eigenvalue weighted by Crippen LogP contribution is -2.28. The predicted octanol–water partition coefficient (Wildman–Crippen LogP) is 4.41. The molecule has 1 unspecified atom stereocenters. The molecule has 2 aromatic carbocycles. The van der Waals surface area contributed by atoms with E-state index in [1.807, 2.05) is 43.3 Å². The van der Waals surface area contributed by atoms with Crippen LogP contribution >= 0.6 is 23.2 Å². The van der Waals surface area contributed by atoms with Crippen LogP contribution in [-0.4, -0.2) is 5.91 Å². The minimum Gasteiger partial charge on any atom is -0.349 e. The summed E-state index contributed by atoms with van der Waals surface area (Å²) in [5.41, 5.74) is 1.84. The van der Waals surface area contributed by atoms with E-state index in [-0.39, 0.29) is 11.9 Å². The maximum atomic E-state index is 12.0. The molecular formula is C16H15Cl2NO. The molecule has 2 nitrogen and oxygen atoms in total. The molecule has 0 aliphatic heterocycles. The Balaban J connectivity index is 2.00. The van der Waals surface area contributed by atoms with Gasteiger partial charge in [-0.1, -0.05) is 59.6 Å². The van der Waals surface area contributed by atoms with Crippen molar-refractivity contribution in [3.05, 3.63) is 69.7 Å². The van der Waals surface area contributed by atoms with Crippen molar-refractivity contribution in [3.8, 4) is 0 Å². The predicted molar refractivity (Wildman–Crippen MR) is 83.2 cm³/mol. The van der Waals surface area contributed by atoms with E-state index in [0.717, 1.165) is 11.1 Å². The maximum absolute atomic E-state index is 12.0. The van der Waals surface area contributed by atoms with Crippen LogP contribution in [0.15, 0.2) is 48.5 Å². The van der Waals surface area contributed by atoms with Gasteiger partial charge < -0.3 is 5.32 Å². The Hall–Kier alpha value is -1.51. The molecule has 0 fully saturated rings. The third-order valence-electron chi connectivity index (χ3n) is 3.01. The lowest BCUT2D eigenvalue weighted by molar-refractivity contribution is -0.121. The highest BCUT2D eigenvalue weighted by Crippen LogP contribution is 2.26. The highest BCUT2D eigenvalue weighted by molar-refractivity contribution is 6.35. The van der Waals surface area contributed by atoms with E-state index >= 15 is 0 Å². The van der Waals surface area contributed by atoms with E-state index in [2.05, 4.69) is 5.32 Å². The third-order valence-corrected chi connectivity index (χ3v) is 3.58. The number of halogens is 2. The van der Waals surface area contributed by atoms with Crippen molar-refractivity contribution < 1.29 is 4.79 Å². The topological polar surface area (TPSA) is 29.1 Å². The lowest BCUT2D eigenvalue weighted by atomic mass is 10.1. The molecule has 0 heterocycles. The third kappa shape index (κ3) is 3.99. The summed E-state index contributed by atoms with van der Waals surface area (Å²) in [5.74, 6) is -0.0327. The van der Waals surface area contributed by atoms with Crippen LogP contribution in [0.4, 0.5) is 0 Å². The summed E-state index contributed by atoms with van der Waals surface area (Å²) in [5, 5.41) is 4.08. The lowest BCUT2D eigenvalue weighted by Gasteiger charge is -2.16. The Morgan fingerprint density at radius 3 is 2.50 bits per heavy atom. The van der Waals surface area contributed by atoms with Crippen LogP contribution in [0.1, 0.15) is 24.1 Å². The highest BCUT2D eigenvalue weighted by Gasteiger charge is 2.13. The Morgan fingerprint density at radius 1 is 1.15 bits per heavy atom. The number of carbonyl (C=O) groups excluding carboxylic acids is 1. The van der Waals surface area contributed by atoms with Gasteiger partial charge >= 0.3 is 0 Å². The average molecular weight is 308 g/mol. The molecule has 0 radical (unpaired) electrons. The Kier molecular flexibility index (Phi) is 5.05. The SMILES string of the molecule is CC(NC(=O)Cc1ccccc1)c1ccc(Cl)cc1Cl. The molecule has 0 bridgehead atoms. The first-order chi connectivity index (χ1) is 9.56. The molecule has 0 spiro atoms. The average Bonchev–Trinajstić information content (AvgIpc) is 2.39. The number of benzene rings is 2. The number of hydrogen-bond acceptors (Lipinski definition) is 1. The monoisotopic (exact) mass is 307 g/mol. The molecular weight excluding hydrogens is 293 g/mol. The number of amides is 1. The van der Waals surface area contributed by atoms with Crippen LogP contribution in [0.3, 0.4) is 0 Å². The van der Waals surface area contributed by atoms with Crippen LogP contribution in [0, 0.1) is 0 Å². The number of hydrogen-bond donors (Lipinski definition) is 1. The highest BCUT2D eigenvalue weighted by atomic mass is 35.5. The van der Waals surface area contributed by atoms with Crippen molar-refractivity contribution in [1.29, 1.82) is 0 Å². The van der Waals surface area contributed by atoms with Gasteiger partial charge in [0.1, 0.15) is 0 Å². The van der Waals surface area contributed by atoms with E-state index in [1.165, 1.54) is 0 Å². The molecule has 1 amide bonds. The molecule has 104 valence electrons. The molecule has 0 saturated heterocycles. The summed E-state index contributed by atoms with van der Waals surface area (Å²) in [7, 11) is 0. The van der Waals surface area contributed by atoms with Gasteiger partial charge in [0.25, 0.3) is 0 Å². The minimum absolute atomic E-state index is 0.0327. The van der Waals surface area contributed by atoms with Gasteiger partial charge in [-0.25, -0.2) is 0 Å². The summed E-state index contributed by atoms with van der Waals surface area (Å²) in [6, 6.07) is 14.7. The molecule has 4 heteroatoms. The number of carbonyl (C=O) groups is 1. The summed E-state index contributed by atoms with van der Waals surface area (Å²) in [4.78, 5) is 12.0. The van der Waals surface area contributed by atoms with Gasteiger partial charge in [-0.05, 0) is 30.2 Å². The van der Waals surface area contributed by atoms with E-state index < -0.39 is 0 Å². The molecule has 2 rings (SSSR count). The molecule has 1 N–H and O–H groups in total. The molecule has 0 aliphatic carbocycles. The Labute approximate surface area is 128 Å².